The van der Waals surface area contributed by atoms with Gasteiger partial charge in [0.05, 0.1) is 29.4 Å². The summed E-state index contributed by atoms with van der Waals surface area (Å²) in [6.07, 6.45) is 7.53. The van der Waals surface area contributed by atoms with Crippen molar-refractivity contribution in [2.45, 2.75) is 25.7 Å². The Morgan fingerprint density at radius 1 is 1.38 bits per heavy atom. The Morgan fingerprint density at radius 2 is 2.23 bits per heavy atom. The van der Waals surface area contributed by atoms with E-state index in [1.54, 1.807) is 28.5 Å². The molecule has 0 amide bonds. The number of nitrogens with two attached hydrogens (primary N) is 1. The molecule has 1 aliphatic rings. The molecule has 1 aliphatic heterocycles. The van der Waals surface area contributed by atoms with E-state index in [-0.39, 0.29) is 5.92 Å². The van der Waals surface area contributed by atoms with Crippen LogP contribution in [0.25, 0.3) is 16.8 Å². The molecule has 4 N–H and O–H groups in total. The average Bonchev–Trinajstić information content (AvgIpc) is 3.27. The zero-order valence-electron chi connectivity index (χ0n) is 14.8. The third kappa shape index (κ3) is 2.60. The number of nitrogens with zero attached hydrogens (tertiary/aromatic N) is 6. The fourth-order valence-corrected chi connectivity index (χ4v) is 3.60. The summed E-state index contributed by atoms with van der Waals surface area (Å²) in [4.78, 5) is 4.93. The van der Waals surface area contributed by atoms with E-state index in [0.29, 0.717) is 22.7 Å². The van der Waals surface area contributed by atoms with Crippen molar-refractivity contribution in [1.82, 2.24) is 29.7 Å². The summed E-state index contributed by atoms with van der Waals surface area (Å²) >= 11 is 0. The van der Waals surface area contributed by atoms with E-state index in [0.717, 1.165) is 42.8 Å². The molecule has 3 aromatic rings. The number of piperidine rings is 1. The Morgan fingerprint density at radius 3 is 2.88 bits per heavy atom. The molecular weight excluding hydrogens is 332 g/mol. The van der Waals surface area contributed by atoms with Crippen LogP contribution in [0.1, 0.15) is 36.9 Å². The number of hydrogen-bond acceptors (Lipinski definition) is 7. The summed E-state index contributed by atoms with van der Waals surface area (Å²) in [6.45, 7) is 3.55. The number of anilines is 1. The second-order valence-electron chi connectivity index (χ2n) is 6.68. The molecule has 0 radical (unpaired) electrons. The molecule has 0 bridgehead atoms. The van der Waals surface area contributed by atoms with Crippen molar-refractivity contribution in [2.75, 3.05) is 18.8 Å². The minimum absolute atomic E-state index is 0.208. The van der Waals surface area contributed by atoms with Gasteiger partial charge in [0.25, 0.3) is 0 Å². The van der Waals surface area contributed by atoms with Crippen molar-refractivity contribution >= 4 is 17.2 Å². The molecule has 136 valence electrons. The van der Waals surface area contributed by atoms with E-state index in [9.17, 15) is 5.21 Å². The molecular formula is C17H22N8O. The van der Waals surface area contributed by atoms with Crippen LogP contribution < -0.4 is 11.1 Å². The minimum atomic E-state index is 0.208. The van der Waals surface area contributed by atoms with Crippen molar-refractivity contribution in [3.63, 3.8) is 0 Å². The van der Waals surface area contributed by atoms with Gasteiger partial charge in [-0.15, -0.1) is 0 Å². The lowest BCUT2D eigenvalue weighted by atomic mass is 9.91. The van der Waals surface area contributed by atoms with Gasteiger partial charge in [-0.3, -0.25) is 4.68 Å². The number of aromatic nitrogens is 5. The van der Waals surface area contributed by atoms with Gasteiger partial charge in [0, 0.05) is 36.8 Å². The van der Waals surface area contributed by atoms with E-state index in [1.807, 2.05) is 13.2 Å². The van der Waals surface area contributed by atoms with Crippen LogP contribution in [-0.4, -0.2) is 48.4 Å². The smallest absolute Gasteiger partial charge is 0.165 e. The first-order valence-electron chi connectivity index (χ1n) is 8.66. The Hall–Kier alpha value is -2.94. The van der Waals surface area contributed by atoms with Gasteiger partial charge in [-0.1, -0.05) is 5.16 Å². The Balaban J connectivity index is 1.96. The van der Waals surface area contributed by atoms with Gasteiger partial charge in [0.15, 0.2) is 5.65 Å². The Kier molecular flexibility index (Phi) is 4.08. The first-order valence-corrected chi connectivity index (χ1v) is 8.66. The van der Waals surface area contributed by atoms with Crippen molar-refractivity contribution in [3.05, 3.63) is 29.8 Å². The summed E-state index contributed by atoms with van der Waals surface area (Å²) < 4.78 is 3.34. The number of rotatable bonds is 3. The van der Waals surface area contributed by atoms with Gasteiger partial charge in [-0.25, -0.2) is 4.98 Å². The molecule has 0 saturated carbocycles. The third-order valence-corrected chi connectivity index (χ3v) is 4.92. The number of aryl methyl sites for hydroxylation is 1. The van der Waals surface area contributed by atoms with E-state index in [4.69, 9.17) is 10.7 Å². The van der Waals surface area contributed by atoms with Crippen LogP contribution in [0.5, 0.6) is 0 Å². The molecule has 26 heavy (non-hydrogen) atoms. The fourth-order valence-electron chi connectivity index (χ4n) is 3.60. The molecule has 9 nitrogen and oxygen atoms in total. The maximum atomic E-state index is 9.34. The van der Waals surface area contributed by atoms with Gasteiger partial charge >= 0.3 is 0 Å². The number of oxime groups is 1. The lowest BCUT2D eigenvalue weighted by Gasteiger charge is -2.25. The third-order valence-electron chi connectivity index (χ3n) is 4.92. The normalized spacial score (nSPS) is 18.5. The van der Waals surface area contributed by atoms with Crippen LogP contribution in [0.2, 0.25) is 0 Å². The number of fused-ring (bicyclic) bond motifs is 1. The highest BCUT2D eigenvalue weighted by molar-refractivity contribution is 6.03. The molecule has 1 unspecified atom stereocenters. The van der Waals surface area contributed by atoms with Crippen LogP contribution in [-0.2, 0) is 7.05 Å². The lowest BCUT2D eigenvalue weighted by molar-refractivity contribution is 0.319. The van der Waals surface area contributed by atoms with Crippen molar-refractivity contribution in [3.8, 4) is 11.1 Å². The van der Waals surface area contributed by atoms with Gasteiger partial charge in [-0.05, 0) is 26.3 Å². The monoisotopic (exact) mass is 354 g/mol. The summed E-state index contributed by atoms with van der Waals surface area (Å²) in [5, 5.41) is 24.8. The molecule has 0 spiro atoms. The largest absolute Gasteiger partial charge is 0.411 e. The highest BCUT2D eigenvalue weighted by Gasteiger charge is 2.26. The molecule has 0 aliphatic carbocycles. The SMILES string of the molecule is CC(=NO)c1c(C2CCCNC2)nc2c(-c3cnn(C)c3)cnn2c1N. The molecule has 1 atom stereocenters. The highest BCUT2D eigenvalue weighted by atomic mass is 16.4. The summed E-state index contributed by atoms with van der Waals surface area (Å²) in [5.74, 6) is 0.639. The Bertz CT molecular complexity index is 980. The van der Waals surface area contributed by atoms with Crippen LogP contribution in [0, 0.1) is 0 Å². The Labute approximate surface area is 150 Å². The summed E-state index contributed by atoms with van der Waals surface area (Å²) in [6, 6.07) is 0. The van der Waals surface area contributed by atoms with Crippen molar-refractivity contribution < 1.29 is 5.21 Å². The molecule has 1 saturated heterocycles. The van der Waals surface area contributed by atoms with E-state index >= 15 is 0 Å². The van der Waals surface area contributed by atoms with Crippen LogP contribution in [0.3, 0.4) is 0 Å². The second kappa shape index (κ2) is 6.41. The molecule has 0 aromatic carbocycles. The van der Waals surface area contributed by atoms with E-state index < -0.39 is 0 Å². The molecule has 1 fully saturated rings. The molecule has 9 heteroatoms. The predicted molar refractivity (Wildman–Crippen MR) is 98.4 cm³/mol. The topological polar surface area (TPSA) is 119 Å². The minimum Gasteiger partial charge on any atom is -0.411 e. The first kappa shape index (κ1) is 16.5. The zero-order chi connectivity index (χ0) is 18.3. The fraction of sp³-hybridized carbons (Fsp3) is 0.412. The van der Waals surface area contributed by atoms with Crippen LogP contribution in [0.4, 0.5) is 5.82 Å². The maximum Gasteiger partial charge on any atom is 0.165 e. The van der Waals surface area contributed by atoms with Crippen molar-refractivity contribution in [2.24, 2.45) is 12.2 Å². The predicted octanol–water partition coefficient (Wildman–Crippen LogP) is 1.38. The van der Waals surface area contributed by atoms with E-state index in [1.165, 1.54) is 0 Å². The standard InChI is InChI=1S/C17H22N8O/c1-10(23-26)14-15(11-4-3-5-19-6-11)22-17-13(8-21-25(17)16(14)18)12-7-20-24(2)9-12/h7-9,11,19,26H,3-6,18H2,1-2H3. The first-order chi connectivity index (χ1) is 12.6. The van der Waals surface area contributed by atoms with Gasteiger partial charge in [-0.2, -0.15) is 14.7 Å². The second-order valence-corrected chi connectivity index (χ2v) is 6.68. The highest BCUT2D eigenvalue weighted by Crippen LogP contribution is 2.32. The van der Waals surface area contributed by atoms with Gasteiger partial charge < -0.3 is 16.3 Å². The number of hydrogen-bond donors (Lipinski definition) is 3. The van der Waals surface area contributed by atoms with Crippen LogP contribution in [0.15, 0.2) is 23.7 Å². The maximum absolute atomic E-state index is 9.34. The zero-order valence-corrected chi connectivity index (χ0v) is 14.8. The van der Waals surface area contributed by atoms with Gasteiger partial charge in [0.2, 0.25) is 0 Å². The van der Waals surface area contributed by atoms with Gasteiger partial charge in [0.1, 0.15) is 5.82 Å². The molecule has 3 aromatic heterocycles. The summed E-state index contributed by atoms with van der Waals surface area (Å²) in [7, 11) is 1.87. The molecule has 4 rings (SSSR count). The van der Waals surface area contributed by atoms with Crippen molar-refractivity contribution in [1.29, 1.82) is 0 Å². The summed E-state index contributed by atoms with van der Waals surface area (Å²) in [5.41, 5.74) is 10.9. The quantitative estimate of drug-likeness (QED) is 0.371. The average molecular weight is 354 g/mol. The van der Waals surface area contributed by atoms with E-state index in [2.05, 4.69) is 20.7 Å². The molecule has 4 heterocycles. The van der Waals surface area contributed by atoms with Crippen LogP contribution >= 0.6 is 0 Å². The number of nitrogens with one attached hydrogen (secondary N) is 1. The number of nitrogen functional groups attached to an aromatic ring is 1. The lowest BCUT2D eigenvalue weighted by Crippen LogP contribution is -2.30.